The molecule has 0 spiro atoms. The molecule has 1 atom stereocenters. The van der Waals surface area contributed by atoms with Crippen LogP contribution in [0.2, 0.25) is 0 Å². The van der Waals surface area contributed by atoms with Crippen LogP contribution in [0.5, 0.6) is 0 Å². The van der Waals surface area contributed by atoms with Gasteiger partial charge in [0.2, 0.25) is 10.0 Å². The van der Waals surface area contributed by atoms with Gasteiger partial charge in [-0.05, 0) is 50.3 Å². The summed E-state index contributed by atoms with van der Waals surface area (Å²) >= 11 is 0. The number of nitrogens with zero attached hydrogens (tertiary/aromatic N) is 2. The molecule has 23 heavy (non-hydrogen) atoms. The number of aryl methyl sites for hydroxylation is 2. The highest BCUT2D eigenvalue weighted by Crippen LogP contribution is 2.27. The van der Waals surface area contributed by atoms with Crippen molar-refractivity contribution in [3.63, 3.8) is 0 Å². The number of β-amino-alcohol motifs (C(OH)–C–C–N with tert-alkyl or cyclic N) is 1. The molecule has 1 aromatic rings. The van der Waals surface area contributed by atoms with Gasteiger partial charge in [-0.15, -0.1) is 0 Å². The molecule has 0 aliphatic carbocycles. The van der Waals surface area contributed by atoms with Crippen LogP contribution in [0.15, 0.2) is 23.1 Å². The van der Waals surface area contributed by atoms with Gasteiger partial charge in [0.05, 0.1) is 11.0 Å². The molecule has 0 saturated carbocycles. The molecule has 128 valence electrons. The molecule has 2 aliphatic rings. The van der Waals surface area contributed by atoms with Crippen molar-refractivity contribution in [2.24, 2.45) is 0 Å². The van der Waals surface area contributed by atoms with Gasteiger partial charge in [0, 0.05) is 32.2 Å². The fourth-order valence-electron chi connectivity index (χ4n) is 3.67. The molecule has 6 heteroatoms. The van der Waals surface area contributed by atoms with E-state index in [0.717, 1.165) is 43.5 Å². The van der Waals surface area contributed by atoms with Crippen LogP contribution < -0.4 is 0 Å². The fourth-order valence-corrected chi connectivity index (χ4v) is 5.45. The highest BCUT2D eigenvalue weighted by Gasteiger charge is 2.34. The van der Waals surface area contributed by atoms with Crippen LogP contribution in [0.25, 0.3) is 0 Å². The van der Waals surface area contributed by atoms with Crippen LogP contribution in [0.4, 0.5) is 0 Å². The van der Waals surface area contributed by atoms with Crippen LogP contribution in [0.3, 0.4) is 0 Å². The minimum Gasteiger partial charge on any atom is -0.392 e. The van der Waals surface area contributed by atoms with Crippen molar-refractivity contribution >= 4 is 10.0 Å². The fraction of sp³-hybridized carbons (Fsp3) is 0.647. The summed E-state index contributed by atoms with van der Waals surface area (Å²) in [6.45, 7) is 6.55. The summed E-state index contributed by atoms with van der Waals surface area (Å²) in [5.41, 5.74) is 1.77. The minimum absolute atomic E-state index is 0.216. The van der Waals surface area contributed by atoms with E-state index in [4.69, 9.17) is 0 Å². The lowest BCUT2D eigenvalue weighted by molar-refractivity contribution is 0.132. The number of hydrogen-bond donors (Lipinski definition) is 1. The lowest BCUT2D eigenvalue weighted by Gasteiger charge is -2.36. The number of piperidine rings is 1. The van der Waals surface area contributed by atoms with E-state index in [9.17, 15) is 13.5 Å². The molecule has 0 aromatic heterocycles. The van der Waals surface area contributed by atoms with Crippen LogP contribution in [0.1, 0.15) is 30.4 Å². The molecule has 5 nitrogen and oxygen atoms in total. The van der Waals surface area contributed by atoms with E-state index in [2.05, 4.69) is 4.90 Å². The first-order valence-electron chi connectivity index (χ1n) is 8.37. The lowest BCUT2D eigenvalue weighted by Crippen LogP contribution is -2.46. The van der Waals surface area contributed by atoms with Gasteiger partial charge < -0.3 is 5.11 Å². The van der Waals surface area contributed by atoms with Crippen molar-refractivity contribution in [3.05, 3.63) is 29.3 Å². The van der Waals surface area contributed by atoms with Crippen LogP contribution >= 0.6 is 0 Å². The molecule has 0 unspecified atom stereocenters. The monoisotopic (exact) mass is 338 g/mol. The Morgan fingerprint density at radius 2 is 1.78 bits per heavy atom. The molecular weight excluding hydrogens is 312 g/mol. The normalized spacial score (nSPS) is 25.1. The largest absolute Gasteiger partial charge is 0.392 e. The third-order valence-corrected chi connectivity index (χ3v) is 7.14. The zero-order chi connectivity index (χ0) is 16.6. The first-order chi connectivity index (χ1) is 10.9. The van der Waals surface area contributed by atoms with Gasteiger partial charge >= 0.3 is 0 Å². The number of aliphatic hydroxyl groups is 1. The predicted octanol–water partition coefficient (Wildman–Crippen LogP) is 1.52. The van der Waals surface area contributed by atoms with Crippen molar-refractivity contribution in [1.82, 2.24) is 9.21 Å². The summed E-state index contributed by atoms with van der Waals surface area (Å²) in [6, 6.07) is 5.99. The Bertz CT molecular complexity index is 666. The van der Waals surface area contributed by atoms with Gasteiger partial charge in [-0.1, -0.05) is 12.1 Å². The SMILES string of the molecule is Cc1ccc(C)c(S(=O)(=O)N2CCC(N3CC[C@H](O)C3)CC2)c1. The van der Waals surface area contributed by atoms with Crippen molar-refractivity contribution in [3.8, 4) is 0 Å². The molecular formula is C17H26N2O3S. The second-order valence-corrected chi connectivity index (χ2v) is 8.75. The maximum absolute atomic E-state index is 12.9. The molecule has 2 heterocycles. The second-order valence-electron chi connectivity index (χ2n) is 6.84. The number of aliphatic hydroxyl groups excluding tert-OH is 1. The van der Waals surface area contributed by atoms with Gasteiger partial charge in [0.1, 0.15) is 0 Å². The van der Waals surface area contributed by atoms with E-state index in [1.54, 1.807) is 10.4 Å². The van der Waals surface area contributed by atoms with E-state index in [-0.39, 0.29) is 6.10 Å². The van der Waals surface area contributed by atoms with Gasteiger partial charge in [0.15, 0.2) is 0 Å². The number of likely N-dealkylation sites (tertiary alicyclic amines) is 1. The average Bonchev–Trinajstić information content (AvgIpc) is 2.96. The smallest absolute Gasteiger partial charge is 0.243 e. The molecule has 2 aliphatic heterocycles. The van der Waals surface area contributed by atoms with E-state index in [1.807, 2.05) is 26.0 Å². The predicted molar refractivity (Wildman–Crippen MR) is 89.9 cm³/mol. The van der Waals surface area contributed by atoms with Crippen molar-refractivity contribution in [2.45, 2.75) is 50.2 Å². The van der Waals surface area contributed by atoms with Crippen LogP contribution in [0, 0.1) is 13.8 Å². The molecule has 2 saturated heterocycles. The molecule has 0 radical (unpaired) electrons. The van der Waals surface area contributed by atoms with E-state index >= 15 is 0 Å². The molecule has 1 N–H and O–H groups in total. The van der Waals surface area contributed by atoms with Gasteiger partial charge in [-0.2, -0.15) is 4.31 Å². The molecule has 0 bridgehead atoms. The van der Waals surface area contributed by atoms with E-state index in [0.29, 0.717) is 24.0 Å². The van der Waals surface area contributed by atoms with E-state index < -0.39 is 10.0 Å². The maximum Gasteiger partial charge on any atom is 0.243 e. The Morgan fingerprint density at radius 3 is 2.39 bits per heavy atom. The number of hydrogen-bond acceptors (Lipinski definition) is 4. The van der Waals surface area contributed by atoms with Crippen molar-refractivity contribution in [1.29, 1.82) is 0 Å². The summed E-state index contributed by atoms with van der Waals surface area (Å²) in [5.74, 6) is 0. The number of benzene rings is 1. The zero-order valence-corrected chi connectivity index (χ0v) is 14.7. The molecule has 3 rings (SSSR count). The Morgan fingerprint density at radius 1 is 1.09 bits per heavy atom. The summed E-state index contributed by atoms with van der Waals surface area (Å²) in [4.78, 5) is 2.75. The highest BCUT2D eigenvalue weighted by molar-refractivity contribution is 7.89. The summed E-state index contributed by atoms with van der Waals surface area (Å²) in [7, 11) is -3.41. The molecule has 2 fully saturated rings. The molecule has 1 aromatic carbocycles. The number of rotatable bonds is 3. The van der Waals surface area contributed by atoms with E-state index in [1.165, 1.54) is 0 Å². The minimum atomic E-state index is -3.41. The third-order valence-electron chi connectivity index (χ3n) is 5.10. The van der Waals surface area contributed by atoms with Gasteiger partial charge in [-0.3, -0.25) is 4.90 Å². The first kappa shape index (κ1) is 16.9. The lowest BCUT2D eigenvalue weighted by atomic mass is 10.1. The standard InChI is InChI=1S/C17H26N2O3S/c1-13-3-4-14(2)17(11-13)23(21,22)19-9-5-15(6-10-19)18-8-7-16(20)12-18/h3-4,11,15-16,20H,5-10,12H2,1-2H3/t16-/m0/s1. The average molecular weight is 338 g/mol. The molecule has 0 amide bonds. The second kappa shape index (κ2) is 6.51. The third kappa shape index (κ3) is 3.45. The Kier molecular flexibility index (Phi) is 4.78. The van der Waals surface area contributed by atoms with Gasteiger partial charge in [-0.25, -0.2) is 8.42 Å². The summed E-state index contributed by atoms with van der Waals surface area (Å²) < 4.78 is 27.4. The van der Waals surface area contributed by atoms with Gasteiger partial charge in [0.25, 0.3) is 0 Å². The Balaban J connectivity index is 1.70. The Labute approximate surface area is 139 Å². The summed E-state index contributed by atoms with van der Waals surface area (Å²) in [5, 5.41) is 9.67. The number of sulfonamides is 1. The zero-order valence-electron chi connectivity index (χ0n) is 13.9. The van der Waals surface area contributed by atoms with Crippen molar-refractivity contribution in [2.75, 3.05) is 26.2 Å². The van der Waals surface area contributed by atoms with Crippen LogP contribution in [-0.4, -0.2) is 61.1 Å². The van der Waals surface area contributed by atoms with Crippen LogP contribution in [-0.2, 0) is 10.0 Å². The first-order valence-corrected chi connectivity index (χ1v) is 9.81. The highest BCUT2D eigenvalue weighted by atomic mass is 32.2. The van der Waals surface area contributed by atoms with Crippen molar-refractivity contribution < 1.29 is 13.5 Å². The Hall–Kier alpha value is -0.950. The maximum atomic E-state index is 12.9. The topological polar surface area (TPSA) is 60.9 Å². The quantitative estimate of drug-likeness (QED) is 0.908. The summed E-state index contributed by atoms with van der Waals surface area (Å²) in [6.07, 6.45) is 2.31.